The van der Waals surface area contributed by atoms with Crippen molar-refractivity contribution in [2.24, 2.45) is 11.8 Å². The Balaban J connectivity index is 2.40. The highest BCUT2D eigenvalue weighted by atomic mass is 127. The molecule has 1 fully saturated rings. The van der Waals surface area contributed by atoms with Crippen LogP contribution in [0.3, 0.4) is 0 Å². The fourth-order valence-corrected chi connectivity index (χ4v) is 2.90. The lowest BCUT2D eigenvalue weighted by Crippen LogP contribution is -2.39. The number of alkyl halides is 1. The largest absolute Gasteiger partial charge is 0.316 e. The van der Waals surface area contributed by atoms with E-state index < -0.39 is 0 Å². The van der Waals surface area contributed by atoms with Gasteiger partial charge in [-0.3, -0.25) is 0 Å². The molecule has 0 aromatic rings. The second-order valence-electron chi connectivity index (χ2n) is 3.42. The van der Waals surface area contributed by atoms with E-state index in [2.05, 4.69) is 41.8 Å². The highest BCUT2D eigenvalue weighted by Gasteiger charge is 2.24. The molecule has 1 aliphatic rings. The van der Waals surface area contributed by atoms with E-state index >= 15 is 0 Å². The zero-order valence-corrected chi connectivity index (χ0v) is 8.89. The maximum absolute atomic E-state index is 3.44. The van der Waals surface area contributed by atoms with Gasteiger partial charge in [-0.25, -0.2) is 0 Å². The van der Waals surface area contributed by atoms with Crippen LogP contribution in [0.15, 0.2) is 0 Å². The molecule has 0 spiro atoms. The Hall–Kier alpha value is 0.690. The summed E-state index contributed by atoms with van der Waals surface area (Å²) in [6.45, 7) is 7.09. The molecule has 0 bridgehead atoms. The normalized spacial score (nSPS) is 34.8. The second-order valence-corrected chi connectivity index (χ2v) is 5.02. The number of nitrogens with one attached hydrogen (secondary N) is 1. The van der Waals surface area contributed by atoms with E-state index in [1.54, 1.807) is 0 Å². The van der Waals surface area contributed by atoms with Crippen molar-refractivity contribution in [1.29, 1.82) is 0 Å². The summed E-state index contributed by atoms with van der Waals surface area (Å²) in [6.07, 6.45) is 1.35. The highest BCUT2D eigenvalue weighted by molar-refractivity contribution is 14.1. The van der Waals surface area contributed by atoms with Gasteiger partial charge < -0.3 is 5.32 Å². The number of hydrogen-bond acceptors (Lipinski definition) is 1. The first kappa shape index (κ1) is 8.78. The van der Waals surface area contributed by atoms with Gasteiger partial charge in [0.1, 0.15) is 0 Å². The molecule has 1 N–H and O–H groups in total. The lowest BCUT2D eigenvalue weighted by molar-refractivity contribution is 0.315. The molecule has 1 aliphatic heterocycles. The van der Waals surface area contributed by atoms with Crippen molar-refractivity contribution < 1.29 is 0 Å². The van der Waals surface area contributed by atoms with Gasteiger partial charge in [-0.15, -0.1) is 0 Å². The van der Waals surface area contributed by atoms with Gasteiger partial charge in [0.25, 0.3) is 0 Å². The Morgan fingerprint density at radius 3 is 2.60 bits per heavy atom. The van der Waals surface area contributed by atoms with Crippen LogP contribution >= 0.6 is 22.6 Å². The Morgan fingerprint density at radius 1 is 1.50 bits per heavy atom. The monoisotopic (exact) mass is 253 g/mol. The molecule has 0 aromatic carbocycles. The third-order valence-corrected chi connectivity index (χ3v) is 3.84. The smallest absolute Gasteiger partial charge is 0.0164 e. The van der Waals surface area contributed by atoms with Crippen molar-refractivity contribution in [3.63, 3.8) is 0 Å². The van der Waals surface area contributed by atoms with E-state index in [1.165, 1.54) is 19.5 Å². The van der Waals surface area contributed by atoms with Gasteiger partial charge in [0, 0.05) is 3.92 Å². The molecular weight excluding hydrogens is 237 g/mol. The SMILES string of the molecule is CC(C)[C@@H]1CNCC[C@@H]1I. The minimum Gasteiger partial charge on any atom is -0.316 e. The van der Waals surface area contributed by atoms with Crippen LogP contribution in [-0.4, -0.2) is 17.0 Å². The van der Waals surface area contributed by atoms with Crippen LogP contribution in [0.2, 0.25) is 0 Å². The maximum Gasteiger partial charge on any atom is 0.0164 e. The fourth-order valence-electron chi connectivity index (χ4n) is 1.50. The topological polar surface area (TPSA) is 12.0 Å². The second kappa shape index (κ2) is 3.90. The summed E-state index contributed by atoms with van der Waals surface area (Å²) >= 11 is 2.59. The Labute approximate surface area is 77.1 Å². The molecule has 0 radical (unpaired) electrons. The van der Waals surface area contributed by atoms with E-state index in [9.17, 15) is 0 Å². The first-order valence-electron chi connectivity index (χ1n) is 4.06. The van der Waals surface area contributed by atoms with E-state index in [1.807, 2.05) is 0 Å². The highest BCUT2D eigenvalue weighted by Crippen LogP contribution is 2.26. The molecule has 0 aliphatic carbocycles. The fraction of sp³-hybridized carbons (Fsp3) is 1.00. The predicted molar refractivity (Wildman–Crippen MR) is 53.6 cm³/mol. The average molecular weight is 253 g/mol. The quantitative estimate of drug-likeness (QED) is 0.557. The molecule has 10 heavy (non-hydrogen) atoms. The average Bonchev–Trinajstić information content (AvgIpc) is 1.88. The van der Waals surface area contributed by atoms with Gasteiger partial charge in [0.05, 0.1) is 0 Å². The van der Waals surface area contributed by atoms with Crippen LogP contribution in [0, 0.1) is 11.8 Å². The molecule has 0 saturated carbocycles. The van der Waals surface area contributed by atoms with Crippen LogP contribution in [-0.2, 0) is 0 Å². The number of rotatable bonds is 1. The van der Waals surface area contributed by atoms with Gasteiger partial charge in [-0.2, -0.15) is 0 Å². The molecule has 60 valence electrons. The Kier molecular flexibility index (Phi) is 3.43. The number of piperidine rings is 1. The van der Waals surface area contributed by atoms with Crippen molar-refractivity contribution in [1.82, 2.24) is 5.32 Å². The van der Waals surface area contributed by atoms with Gasteiger partial charge in [-0.1, -0.05) is 36.4 Å². The van der Waals surface area contributed by atoms with Crippen LogP contribution in [0.1, 0.15) is 20.3 Å². The Morgan fingerprint density at radius 2 is 2.20 bits per heavy atom. The summed E-state index contributed by atoms with van der Waals surface area (Å²) in [6, 6.07) is 0. The van der Waals surface area contributed by atoms with Crippen LogP contribution in [0.5, 0.6) is 0 Å². The number of hydrogen-bond donors (Lipinski definition) is 1. The van der Waals surface area contributed by atoms with Crippen molar-refractivity contribution in [2.75, 3.05) is 13.1 Å². The van der Waals surface area contributed by atoms with E-state index in [-0.39, 0.29) is 0 Å². The Bertz CT molecular complexity index is 103. The third kappa shape index (κ3) is 2.09. The summed E-state index contributed by atoms with van der Waals surface area (Å²) in [5.74, 6) is 1.74. The molecule has 1 saturated heterocycles. The van der Waals surface area contributed by atoms with Crippen LogP contribution in [0.25, 0.3) is 0 Å². The minimum absolute atomic E-state index is 0.842. The standard InChI is InChI=1S/C8H16IN/c1-6(2)7-5-10-4-3-8(7)9/h6-8,10H,3-5H2,1-2H3/t7-,8-/m0/s1. The summed E-state index contributed by atoms with van der Waals surface area (Å²) in [4.78, 5) is 0. The summed E-state index contributed by atoms with van der Waals surface area (Å²) < 4.78 is 0.902. The molecule has 0 aromatic heterocycles. The van der Waals surface area contributed by atoms with Gasteiger partial charge >= 0.3 is 0 Å². The van der Waals surface area contributed by atoms with Gasteiger partial charge in [-0.05, 0) is 31.3 Å². The van der Waals surface area contributed by atoms with Crippen molar-refractivity contribution in [2.45, 2.75) is 24.2 Å². The summed E-state index contributed by atoms with van der Waals surface area (Å²) in [7, 11) is 0. The van der Waals surface area contributed by atoms with Crippen molar-refractivity contribution >= 4 is 22.6 Å². The molecular formula is C8H16IN. The van der Waals surface area contributed by atoms with Crippen LogP contribution < -0.4 is 5.32 Å². The van der Waals surface area contributed by atoms with E-state index in [0.29, 0.717) is 0 Å². The summed E-state index contributed by atoms with van der Waals surface area (Å²) in [5.41, 5.74) is 0. The van der Waals surface area contributed by atoms with Crippen molar-refractivity contribution in [3.8, 4) is 0 Å². The lowest BCUT2D eigenvalue weighted by atomic mass is 9.89. The maximum atomic E-state index is 3.44. The molecule has 2 atom stereocenters. The molecule has 1 heterocycles. The van der Waals surface area contributed by atoms with Crippen molar-refractivity contribution in [3.05, 3.63) is 0 Å². The molecule has 1 nitrogen and oxygen atoms in total. The summed E-state index contributed by atoms with van der Waals surface area (Å²) in [5, 5.41) is 3.44. The molecule has 2 heteroatoms. The van der Waals surface area contributed by atoms with Gasteiger partial charge in [0.2, 0.25) is 0 Å². The lowest BCUT2D eigenvalue weighted by Gasteiger charge is -2.31. The number of halogens is 1. The molecule has 0 amide bonds. The predicted octanol–water partition coefficient (Wildman–Crippen LogP) is 2.06. The zero-order valence-electron chi connectivity index (χ0n) is 6.73. The zero-order chi connectivity index (χ0) is 7.56. The minimum atomic E-state index is 0.842. The first-order valence-corrected chi connectivity index (χ1v) is 5.31. The first-order chi connectivity index (χ1) is 4.72. The van der Waals surface area contributed by atoms with E-state index in [4.69, 9.17) is 0 Å². The molecule has 1 rings (SSSR count). The molecule has 0 unspecified atom stereocenters. The van der Waals surface area contributed by atoms with Gasteiger partial charge in [0.15, 0.2) is 0 Å². The third-order valence-electron chi connectivity index (χ3n) is 2.30. The van der Waals surface area contributed by atoms with Crippen LogP contribution in [0.4, 0.5) is 0 Å². The van der Waals surface area contributed by atoms with E-state index in [0.717, 1.165) is 15.8 Å².